The Morgan fingerprint density at radius 3 is 2.95 bits per heavy atom. The molecule has 0 spiro atoms. The molecule has 0 fully saturated rings. The van der Waals surface area contributed by atoms with Crippen molar-refractivity contribution in [3.8, 4) is 11.9 Å². The highest BCUT2D eigenvalue weighted by Crippen LogP contribution is 2.22. The maximum Gasteiger partial charge on any atom is 0.183 e. The first-order chi connectivity index (χ1) is 10.2. The molecule has 2 rings (SSSR count). The number of amidine groups is 1. The Balaban J connectivity index is 2.40. The van der Waals surface area contributed by atoms with Gasteiger partial charge in [-0.3, -0.25) is 5.32 Å². The smallest absolute Gasteiger partial charge is 0.183 e. The van der Waals surface area contributed by atoms with E-state index in [1.807, 2.05) is 50.7 Å². The van der Waals surface area contributed by atoms with Crippen LogP contribution in [0.2, 0.25) is 0 Å². The van der Waals surface area contributed by atoms with Gasteiger partial charge in [-0.25, -0.2) is 9.67 Å². The normalized spacial score (nSPS) is 11.2. The van der Waals surface area contributed by atoms with Crippen molar-refractivity contribution in [2.75, 3.05) is 6.26 Å². The van der Waals surface area contributed by atoms with Crippen molar-refractivity contribution in [2.24, 2.45) is 4.99 Å². The molecule has 1 N–H and O–H groups in total. The van der Waals surface area contributed by atoms with E-state index in [2.05, 4.69) is 20.6 Å². The molecule has 0 aliphatic heterocycles. The van der Waals surface area contributed by atoms with E-state index in [0.717, 1.165) is 29.1 Å². The van der Waals surface area contributed by atoms with Gasteiger partial charge in [-0.1, -0.05) is 30.0 Å². The fourth-order valence-corrected chi connectivity index (χ4v) is 2.13. The van der Waals surface area contributed by atoms with Crippen LogP contribution in [-0.4, -0.2) is 26.4 Å². The molecule has 0 saturated carbocycles. The third-order valence-corrected chi connectivity index (χ3v) is 3.51. The number of hydrogen-bond donors (Lipinski definition) is 1. The molecule has 0 radical (unpaired) electrons. The maximum atomic E-state index is 8.67. The summed E-state index contributed by atoms with van der Waals surface area (Å²) < 4.78 is 1.75. The van der Waals surface area contributed by atoms with Crippen molar-refractivity contribution in [2.45, 2.75) is 20.3 Å². The molecule has 0 saturated heterocycles. The molecule has 0 amide bonds. The summed E-state index contributed by atoms with van der Waals surface area (Å²) in [5, 5.41) is 20.0. The zero-order valence-electron chi connectivity index (χ0n) is 12.2. The van der Waals surface area contributed by atoms with Gasteiger partial charge in [0, 0.05) is 0 Å². The van der Waals surface area contributed by atoms with E-state index in [4.69, 9.17) is 5.26 Å². The van der Waals surface area contributed by atoms with Gasteiger partial charge in [0.25, 0.3) is 0 Å². The Hall–Kier alpha value is -2.33. The van der Waals surface area contributed by atoms with E-state index < -0.39 is 0 Å². The van der Waals surface area contributed by atoms with Gasteiger partial charge in [0.2, 0.25) is 0 Å². The van der Waals surface area contributed by atoms with E-state index in [9.17, 15) is 0 Å². The van der Waals surface area contributed by atoms with Crippen LogP contribution in [0.4, 0.5) is 5.69 Å². The van der Waals surface area contributed by atoms with Crippen LogP contribution in [-0.2, 0) is 6.42 Å². The second-order valence-corrected chi connectivity index (χ2v) is 5.13. The summed E-state index contributed by atoms with van der Waals surface area (Å²) in [6.45, 7) is 4.05. The predicted octanol–water partition coefficient (Wildman–Crippen LogP) is 2.56. The first-order valence-corrected chi connectivity index (χ1v) is 7.70. The number of nitrogens with one attached hydrogen (secondary N) is 1. The predicted molar refractivity (Wildman–Crippen MR) is 84.8 cm³/mol. The molecule has 1 heterocycles. The van der Waals surface area contributed by atoms with Gasteiger partial charge in [-0.15, -0.1) is 5.10 Å². The van der Waals surface area contributed by atoms with E-state index >= 15 is 0 Å². The number of thioether (sulfide) groups is 1. The summed E-state index contributed by atoms with van der Waals surface area (Å²) in [5.41, 5.74) is 3.72. The number of aromatic nitrogens is 3. The maximum absolute atomic E-state index is 8.67. The van der Waals surface area contributed by atoms with Crippen molar-refractivity contribution in [1.29, 1.82) is 5.26 Å². The molecule has 0 unspecified atom stereocenters. The van der Waals surface area contributed by atoms with Crippen LogP contribution in [0, 0.1) is 18.4 Å². The van der Waals surface area contributed by atoms with Gasteiger partial charge in [0.1, 0.15) is 0 Å². The van der Waals surface area contributed by atoms with Crippen molar-refractivity contribution < 1.29 is 0 Å². The van der Waals surface area contributed by atoms with Crippen molar-refractivity contribution >= 4 is 22.6 Å². The summed E-state index contributed by atoms with van der Waals surface area (Å²) in [7, 11) is 0. The summed E-state index contributed by atoms with van der Waals surface area (Å²) in [6.07, 6.45) is 6.51. The minimum absolute atomic E-state index is 0.556. The monoisotopic (exact) mass is 300 g/mol. The Labute approximate surface area is 127 Å². The van der Waals surface area contributed by atoms with Crippen LogP contribution in [0.5, 0.6) is 0 Å². The van der Waals surface area contributed by atoms with Crippen molar-refractivity contribution in [1.82, 2.24) is 20.3 Å². The Morgan fingerprint density at radius 1 is 1.52 bits per heavy atom. The molecule has 0 bridgehead atoms. The molecule has 21 heavy (non-hydrogen) atoms. The fourth-order valence-electron chi connectivity index (χ4n) is 1.78. The molecule has 6 nitrogen and oxygen atoms in total. The molecule has 1 aromatic carbocycles. The standard InChI is InChI=1S/C14H16N6S/c1-4-11-8-20(19-18-11)13-7-12(6-5-10(13)2)17-14(21-3)16-9-15/h5-8H,4H2,1-3H3,(H,16,17). The van der Waals surface area contributed by atoms with Gasteiger partial charge in [-0.05, 0) is 37.3 Å². The molecule has 0 aliphatic rings. The van der Waals surface area contributed by atoms with E-state index in [1.54, 1.807) is 4.68 Å². The van der Waals surface area contributed by atoms with Crippen LogP contribution in [0.3, 0.4) is 0 Å². The van der Waals surface area contributed by atoms with Crippen LogP contribution < -0.4 is 5.32 Å². The Bertz CT molecular complexity index is 698. The van der Waals surface area contributed by atoms with Gasteiger partial charge >= 0.3 is 0 Å². The highest BCUT2D eigenvalue weighted by atomic mass is 32.2. The number of rotatable bonds is 3. The minimum atomic E-state index is 0.556. The van der Waals surface area contributed by atoms with Crippen molar-refractivity contribution in [3.63, 3.8) is 0 Å². The first-order valence-electron chi connectivity index (χ1n) is 6.48. The number of benzene rings is 1. The molecule has 1 aromatic heterocycles. The lowest BCUT2D eigenvalue weighted by molar-refractivity contribution is 0.793. The van der Waals surface area contributed by atoms with Gasteiger partial charge in [0.05, 0.1) is 23.3 Å². The van der Waals surface area contributed by atoms with E-state index in [-0.39, 0.29) is 0 Å². The zero-order chi connectivity index (χ0) is 15.2. The summed E-state index contributed by atoms with van der Waals surface area (Å²) in [5.74, 6) is 0. The highest BCUT2D eigenvalue weighted by Gasteiger charge is 2.06. The average Bonchev–Trinajstić information content (AvgIpc) is 2.97. The molecular formula is C14H16N6S. The zero-order valence-corrected chi connectivity index (χ0v) is 13.0. The second-order valence-electron chi connectivity index (χ2n) is 4.34. The van der Waals surface area contributed by atoms with Gasteiger partial charge in [0.15, 0.2) is 11.4 Å². The Morgan fingerprint density at radius 2 is 2.33 bits per heavy atom. The third kappa shape index (κ3) is 3.61. The first kappa shape index (κ1) is 15.1. The molecule has 7 heteroatoms. The van der Waals surface area contributed by atoms with Crippen molar-refractivity contribution in [3.05, 3.63) is 35.7 Å². The van der Waals surface area contributed by atoms with Gasteiger partial charge < -0.3 is 0 Å². The van der Waals surface area contributed by atoms with E-state index in [1.165, 1.54) is 11.8 Å². The molecule has 0 aliphatic carbocycles. The number of aryl methyl sites for hydroxylation is 2. The lowest BCUT2D eigenvalue weighted by atomic mass is 10.2. The summed E-state index contributed by atoms with van der Waals surface area (Å²) in [6, 6.07) is 5.82. The van der Waals surface area contributed by atoms with Crippen LogP contribution >= 0.6 is 11.8 Å². The lowest BCUT2D eigenvalue weighted by Crippen LogP contribution is -2.12. The number of hydrogen-bond acceptors (Lipinski definition) is 5. The van der Waals surface area contributed by atoms with Crippen LogP contribution in [0.15, 0.2) is 29.4 Å². The third-order valence-electron chi connectivity index (χ3n) is 2.93. The highest BCUT2D eigenvalue weighted by molar-refractivity contribution is 8.13. The molecule has 0 atom stereocenters. The molecular weight excluding hydrogens is 284 g/mol. The topological polar surface area (TPSA) is 78.9 Å². The fraction of sp³-hybridized carbons (Fsp3) is 0.286. The largest absolute Gasteiger partial charge is 0.271 e. The van der Waals surface area contributed by atoms with Crippen LogP contribution in [0.1, 0.15) is 18.2 Å². The number of nitrogens with zero attached hydrogens (tertiary/aromatic N) is 5. The van der Waals surface area contributed by atoms with Gasteiger partial charge in [-0.2, -0.15) is 5.26 Å². The summed E-state index contributed by atoms with van der Waals surface area (Å²) >= 11 is 1.38. The quantitative estimate of drug-likeness (QED) is 0.408. The summed E-state index contributed by atoms with van der Waals surface area (Å²) in [4.78, 5) is 4.41. The van der Waals surface area contributed by atoms with Crippen LogP contribution in [0.25, 0.3) is 5.69 Å². The number of nitriles is 1. The molecule has 2 aromatic rings. The molecule has 108 valence electrons. The Kier molecular flexibility index (Phi) is 4.95. The minimum Gasteiger partial charge on any atom is -0.271 e. The average molecular weight is 300 g/mol. The SMILES string of the molecule is CCc1cn(-c2cc(N=C(NC#N)SC)ccc2C)nn1. The van der Waals surface area contributed by atoms with E-state index in [0.29, 0.717) is 5.17 Å². The number of aliphatic imine (C=N–C) groups is 1. The lowest BCUT2D eigenvalue weighted by Gasteiger charge is -2.07. The second kappa shape index (κ2) is 6.90.